The highest BCUT2D eigenvalue weighted by Gasteiger charge is 2.25. The average molecular weight is 413 g/mol. The molecule has 1 heterocycles. The van der Waals surface area contributed by atoms with Crippen molar-refractivity contribution in [1.29, 1.82) is 0 Å². The van der Waals surface area contributed by atoms with Crippen molar-refractivity contribution in [1.82, 2.24) is 4.90 Å². The Morgan fingerprint density at radius 2 is 1.50 bits per heavy atom. The average Bonchev–Trinajstić information content (AvgIpc) is 3.31. The highest BCUT2D eigenvalue weighted by Crippen LogP contribution is 2.41. The zero-order valence-corrected chi connectivity index (χ0v) is 17.7. The van der Waals surface area contributed by atoms with Crippen molar-refractivity contribution >= 4 is 17.6 Å². The van der Waals surface area contributed by atoms with E-state index in [1.54, 1.807) is 36.4 Å². The minimum atomic E-state index is -0.0860. The van der Waals surface area contributed by atoms with Gasteiger partial charge in [0.15, 0.2) is 23.0 Å². The lowest BCUT2D eigenvalue weighted by Gasteiger charge is -2.20. The number of methoxy groups -OCH3 is 4. The van der Waals surface area contributed by atoms with Gasteiger partial charge in [-0.25, -0.2) is 0 Å². The second kappa shape index (κ2) is 9.43. The largest absolute Gasteiger partial charge is 0.504 e. The highest BCUT2D eigenvalue weighted by atomic mass is 16.5. The summed E-state index contributed by atoms with van der Waals surface area (Å²) in [5, 5.41) is 10.2. The Bertz CT molecular complexity index is 922. The van der Waals surface area contributed by atoms with Crippen LogP contribution in [0.5, 0.6) is 28.7 Å². The predicted molar refractivity (Wildman–Crippen MR) is 114 cm³/mol. The van der Waals surface area contributed by atoms with Gasteiger partial charge in [0, 0.05) is 18.7 Å². The molecule has 0 aromatic heterocycles. The van der Waals surface area contributed by atoms with Crippen molar-refractivity contribution in [3.63, 3.8) is 0 Å². The number of nitrogens with zero attached hydrogens (tertiary/aromatic N) is 1. The predicted octanol–water partition coefficient (Wildman–Crippen LogP) is 3.59. The lowest BCUT2D eigenvalue weighted by atomic mass is 10.00. The van der Waals surface area contributed by atoms with E-state index in [9.17, 15) is 9.90 Å². The van der Waals surface area contributed by atoms with Crippen LogP contribution in [0.25, 0.3) is 11.6 Å². The van der Waals surface area contributed by atoms with E-state index in [0.29, 0.717) is 52.8 Å². The number of carbonyl (C=O) groups is 1. The molecule has 2 aromatic rings. The smallest absolute Gasteiger partial charge is 0.254 e. The maximum absolute atomic E-state index is 13.4. The van der Waals surface area contributed by atoms with Gasteiger partial charge in [0.05, 0.1) is 28.4 Å². The minimum absolute atomic E-state index is 0.00381. The van der Waals surface area contributed by atoms with Crippen molar-refractivity contribution in [2.75, 3.05) is 41.5 Å². The van der Waals surface area contributed by atoms with E-state index in [2.05, 4.69) is 0 Å². The van der Waals surface area contributed by atoms with Crippen LogP contribution in [-0.4, -0.2) is 57.4 Å². The molecule has 0 bridgehead atoms. The minimum Gasteiger partial charge on any atom is -0.504 e. The monoisotopic (exact) mass is 413 g/mol. The topological polar surface area (TPSA) is 77.5 Å². The quantitative estimate of drug-likeness (QED) is 0.552. The molecule has 0 atom stereocenters. The summed E-state index contributed by atoms with van der Waals surface area (Å²) >= 11 is 0. The van der Waals surface area contributed by atoms with Crippen molar-refractivity contribution in [2.45, 2.75) is 12.8 Å². The normalized spacial score (nSPS) is 13.9. The fourth-order valence-electron chi connectivity index (χ4n) is 3.56. The summed E-state index contributed by atoms with van der Waals surface area (Å²) in [5.41, 5.74) is 1.78. The number of amides is 1. The molecule has 0 unspecified atom stereocenters. The Morgan fingerprint density at radius 1 is 0.900 bits per heavy atom. The van der Waals surface area contributed by atoms with Gasteiger partial charge < -0.3 is 29.0 Å². The first-order chi connectivity index (χ1) is 14.5. The lowest BCUT2D eigenvalue weighted by Crippen LogP contribution is -2.28. The molecule has 30 heavy (non-hydrogen) atoms. The first-order valence-corrected chi connectivity index (χ1v) is 9.70. The molecule has 0 spiro atoms. The van der Waals surface area contributed by atoms with Crippen LogP contribution in [0.15, 0.2) is 30.3 Å². The van der Waals surface area contributed by atoms with Gasteiger partial charge in [-0.2, -0.15) is 0 Å². The number of phenols is 1. The zero-order valence-electron chi connectivity index (χ0n) is 17.7. The Kier molecular flexibility index (Phi) is 6.72. The van der Waals surface area contributed by atoms with Crippen molar-refractivity contribution < 1.29 is 28.8 Å². The van der Waals surface area contributed by atoms with Gasteiger partial charge in [-0.15, -0.1) is 0 Å². The third-order valence-corrected chi connectivity index (χ3v) is 5.11. The summed E-state index contributed by atoms with van der Waals surface area (Å²) in [6.07, 6.45) is 3.72. The molecule has 3 rings (SSSR count). The number of rotatable bonds is 7. The first kappa shape index (κ1) is 21.4. The van der Waals surface area contributed by atoms with Crippen molar-refractivity contribution in [3.8, 4) is 28.7 Å². The number of hydrogen-bond donors (Lipinski definition) is 1. The Labute approximate surface area is 176 Å². The molecule has 7 heteroatoms. The second-order valence-electron chi connectivity index (χ2n) is 6.90. The molecule has 1 N–H and O–H groups in total. The molecular weight excluding hydrogens is 386 g/mol. The maximum Gasteiger partial charge on any atom is 0.254 e. The van der Waals surface area contributed by atoms with E-state index >= 15 is 0 Å². The SMILES string of the molecule is COc1ccc(/C=C(/C(=O)N2CCCC2)c2cc(OC)c(OC)c(OC)c2)cc1O. The van der Waals surface area contributed by atoms with E-state index in [1.165, 1.54) is 28.4 Å². The number of phenolic OH excluding ortho intramolecular Hbond substituents is 1. The van der Waals surface area contributed by atoms with E-state index in [1.807, 2.05) is 4.90 Å². The summed E-state index contributed by atoms with van der Waals surface area (Å²) in [7, 11) is 6.09. The van der Waals surface area contributed by atoms with Crippen LogP contribution in [0, 0.1) is 0 Å². The number of carbonyl (C=O) groups excluding carboxylic acids is 1. The molecular formula is C23H27NO6. The van der Waals surface area contributed by atoms with Crippen LogP contribution < -0.4 is 18.9 Å². The van der Waals surface area contributed by atoms with Gasteiger partial charge in [-0.05, 0) is 54.3 Å². The summed E-state index contributed by atoms with van der Waals surface area (Å²) in [6.45, 7) is 1.43. The van der Waals surface area contributed by atoms with Crippen LogP contribution in [0.3, 0.4) is 0 Å². The molecule has 2 aromatic carbocycles. The fourth-order valence-corrected chi connectivity index (χ4v) is 3.56. The van der Waals surface area contributed by atoms with Crippen LogP contribution in [0.4, 0.5) is 0 Å². The van der Waals surface area contributed by atoms with Gasteiger partial charge in [0.25, 0.3) is 5.91 Å². The van der Waals surface area contributed by atoms with Gasteiger partial charge >= 0.3 is 0 Å². The Hall–Kier alpha value is -3.35. The number of aromatic hydroxyl groups is 1. The number of benzene rings is 2. The highest BCUT2D eigenvalue weighted by molar-refractivity contribution is 6.24. The van der Waals surface area contributed by atoms with Crippen LogP contribution in [-0.2, 0) is 4.79 Å². The van der Waals surface area contributed by atoms with Crippen LogP contribution >= 0.6 is 0 Å². The lowest BCUT2D eigenvalue weighted by molar-refractivity contribution is -0.123. The maximum atomic E-state index is 13.4. The number of likely N-dealkylation sites (tertiary alicyclic amines) is 1. The molecule has 0 aliphatic carbocycles. The molecule has 0 saturated carbocycles. The summed E-state index contributed by atoms with van der Waals surface area (Å²) in [6, 6.07) is 8.52. The standard InChI is InChI=1S/C23H27NO6/c1-27-19-8-7-15(12-18(19)25)11-17(23(26)24-9-5-6-10-24)16-13-20(28-2)22(30-4)21(14-16)29-3/h7-8,11-14,25H,5-6,9-10H2,1-4H3/b17-11+. The zero-order chi connectivity index (χ0) is 21.7. The van der Waals surface area contributed by atoms with Crippen LogP contribution in [0.2, 0.25) is 0 Å². The number of ether oxygens (including phenoxy) is 4. The second-order valence-corrected chi connectivity index (χ2v) is 6.90. The molecule has 7 nitrogen and oxygen atoms in total. The first-order valence-electron chi connectivity index (χ1n) is 9.70. The van der Waals surface area contributed by atoms with E-state index in [-0.39, 0.29) is 11.7 Å². The Balaban J connectivity index is 2.14. The molecule has 1 aliphatic rings. The number of hydrogen-bond acceptors (Lipinski definition) is 6. The van der Waals surface area contributed by atoms with Gasteiger partial charge in [-0.3, -0.25) is 4.79 Å². The molecule has 160 valence electrons. The summed E-state index contributed by atoms with van der Waals surface area (Å²) in [4.78, 5) is 15.2. The van der Waals surface area contributed by atoms with Gasteiger partial charge in [0.2, 0.25) is 5.75 Å². The Morgan fingerprint density at radius 3 is 2.00 bits per heavy atom. The molecule has 1 amide bonds. The molecule has 0 radical (unpaired) electrons. The van der Waals surface area contributed by atoms with Gasteiger partial charge in [0.1, 0.15) is 0 Å². The van der Waals surface area contributed by atoms with E-state index in [4.69, 9.17) is 18.9 Å². The molecule has 1 aliphatic heterocycles. The molecule has 1 saturated heterocycles. The van der Waals surface area contributed by atoms with Crippen LogP contribution in [0.1, 0.15) is 24.0 Å². The third-order valence-electron chi connectivity index (χ3n) is 5.11. The van der Waals surface area contributed by atoms with Gasteiger partial charge in [-0.1, -0.05) is 6.07 Å². The van der Waals surface area contributed by atoms with Crippen molar-refractivity contribution in [3.05, 3.63) is 41.5 Å². The summed E-state index contributed by atoms with van der Waals surface area (Å²) in [5.74, 6) is 1.67. The van der Waals surface area contributed by atoms with Crippen molar-refractivity contribution in [2.24, 2.45) is 0 Å². The third kappa shape index (κ3) is 4.30. The van der Waals surface area contributed by atoms with E-state index in [0.717, 1.165) is 12.8 Å². The summed E-state index contributed by atoms with van der Waals surface area (Å²) < 4.78 is 21.4. The van der Waals surface area contributed by atoms with E-state index < -0.39 is 0 Å². The fraction of sp³-hybridized carbons (Fsp3) is 0.348. The molecule has 1 fully saturated rings.